The molecular weight excluding hydrogens is 380 g/mol. The van der Waals surface area contributed by atoms with E-state index in [0.29, 0.717) is 24.1 Å². The molecule has 1 aliphatic rings. The van der Waals surface area contributed by atoms with Crippen molar-refractivity contribution in [2.45, 2.75) is 77.7 Å². The van der Waals surface area contributed by atoms with Crippen molar-refractivity contribution in [2.24, 2.45) is 0 Å². The Morgan fingerprint density at radius 3 is 2.07 bits per heavy atom. The zero-order valence-electron chi connectivity index (χ0n) is 19.3. The van der Waals surface area contributed by atoms with E-state index in [1.807, 2.05) is 25.1 Å². The van der Waals surface area contributed by atoms with Gasteiger partial charge in [-0.2, -0.15) is 0 Å². The van der Waals surface area contributed by atoms with Crippen molar-refractivity contribution in [1.29, 1.82) is 0 Å². The summed E-state index contributed by atoms with van der Waals surface area (Å²) in [5.41, 5.74) is 1.10. The molecule has 6 heteroatoms. The van der Waals surface area contributed by atoms with Crippen molar-refractivity contribution in [3.63, 3.8) is 0 Å². The van der Waals surface area contributed by atoms with Gasteiger partial charge >= 0.3 is 0 Å². The Labute approximate surface area is 180 Å². The first-order chi connectivity index (χ1) is 14.0. The van der Waals surface area contributed by atoms with E-state index >= 15 is 0 Å². The first-order valence-electron chi connectivity index (χ1n) is 10.5. The summed E-state index contributed by atoms with van der Waals surface area (Å²) in [5.74, 6) is 2.75. The topological polar surface area (TPSA) is 67.1 Å². The molecule has 2 heterocycles. The van der Waals surface area contributed by atoms with Crippen LogP contribution in [-0.4, -0.2) is 41.3 Å². The predicted molar refractivity (Wildman–Crippen MR) is 118 cm³/mol. The predicted octanol–water partition coefficient (Wildman–Crippen LogP) is 4.62. The zero-order chi connectivity index (χ0) is 22.1. The number of aromatic hydroxyl groups is 1. The third-order valence-corrected chi connectivity index (χ3v) is 5.77. The number of nitrogens with one attached hydrogen (secondary N) is 1. The summed E-state index contributed by atoms with van der Waals surface area (Å²) in [7, 11) is 3.11. The number of benzene rings is 1. The number of ether oxygens (including phenoxy) is 2. The molecule has 166 valence electrons. The lowest BCUT2D eigenvalue weighted by Crippen LogP contribution is -2.62. The number of hydrogen-bond acceptors (Lipinski definition) is 6. The van der Waals surface area contributed by atoms with Gasteiger partial charge in [0, 0.05) is 23.7 Å². The fraction of sp³-hybridized carbons (Fsp3) is 0.583. The largest absolute Gasteiger partial charge is 0.502 e. The molecule has 0 bridgehead atoms. The first kappa shape index (κ1) is 22.5. The molecule has 2 N–H and O–H groups in total. The van der Waals surface area contributed by atoms with Gasteiger partial charge in [0.05, 0.1) is 20.8 Å². The van der Waals surface area contributed by atoms with Gasteiger partial charge in [0.15, 0.2) is 11.5 Å². The number of furan rings is 1. The van der Waals surface area contributed by atoms with E-state index in [4.69, 9.17) is 13.9 Å². The molecule has 1 aromatic carbocycles. The highest BCUT2D eigenvalue weighted by atomic mass is 16.5. The summed E-state index contributed by atoms with van der Waals surface area (Å²) in [6.45, 7) is 12.5. The molecule has 3 rings (SSSR count). The van der Waals surface area contributed by atoms with Crippen molar-refractivity contribution < 1.29 is 19.0 Å². The highest BCUT2D eigenvalue weighted by Crippen LogP contribution is 2.39. The second-order valence-electron chi connectivity index (χ2n) is 9.72. The van der Waals surface area contributed by atoms with E-state index in [2.05, 4.69) is 44.0 Å². The molecule has 0 amide bonds. The third-order valence-electron chi connectivity index (χ3n) is 5.77. The van der Waals surface area contributed by atoms with E-state index in [1.54, 1.807) is 14.2 Å². The van der Waals surface area contributed by atoms with Gasteiger partial charge in [0.25, 0.3) is 0 Å². The van der Waals surface area contributed by atoms with E-state index in [9.17, 15) is 5.11 Å². The van der Waals surface area contributed by atoms with Gasteiger partial charge in [0.1, 0.15) is 11.5 Å². The minimum absolute atomic E-state index is 0.0288. The van der Waals surface area contributed by atoms with Crippen LogP contribution in [0.3, 0.4) is 0 Å². The van der Waals surface area contributed by atoms with Gasteiger partial charge in [0.2, 0.25) is 5.75 Å². The quantitative estimate of drug-likeness (QED) is 0.686. The molecule has 0 unspecified atom stereocenters. The highest BCUT2D eigenvalue weighted by molar-refractivity contribution is 5.52. The van der Waals surface area contributed by atoms with Gasteiger partial charge in [-0.3, -0.25) is 4.90 Å². The maximum atomic E-state index is 10.3. The van der Waals surface area contributed by atoms with E-state index < -0.39 is 0 Å². The molecule has 1 fully saturated rings. The number of rotatable bonds is 7. The van der Waals surface area contributed by atoms with Crippen molar-refractivity contribution in [3.05, 3.63) is 41.3 Å². The van der Waals surface area contributed by atoms with Crippen molar-refractivity contribution in [2.75, 3.05) is 14.2 Å². The Bertz CT molecular complexity index is 831. The maximum Gasteiger partial charge on any atom is 0.200 e. The van der Waals surface area contributed by atoms with Crippen LogP contribution < -0.4 is 14.8 Å². The number of nitrogens with zero attached hydrogens (tertiary/aromatic N) is 1. The second kappa shape index (κ2) is 8.52. The molecule has 0 radical (unpaired) electrons. The molecule has 1 aliphatic heterocycles. The Morgan fingerprint density at radius 2 is 1.60 bits per heavy atom. The Balaban J connectivity index is 1.94. The van der Waals surface area contributed by atoms with Gasteiger partial charge in [-0.15, -0.1) is 0 Å². The monoisotopic (exact) mass is 416 g/mol. The number of hydrogen-bond donors (Lipinski definition) is 2. The number of phenolic OH excluding ortho intramolecular Hbond substituents is 1. The summed E-state index contributed by atoms with van der Waals surface area (Å²) in [5, 5.41) is 14.1. The third kappa shape index (κ3) is 5.29. The average Bonchev–Trinajstić information content (AvgIpc) is 3.04. The van der Waals surface area contributed by atoms with Crippen LogP contribution in [0.2, 0.25) is 0 Å². The SMILES string of the molecule is COc1cc(CN(Cc2ccc(C)o2)C2CC(C)(C)NC(C)(C)C2)cc(OC)c1O. The smallest absolute Gasteiger partial charge is 0.200 e. The fourth-order valence-electron chi connectivity index (χ4n) is 4.88. The lowest BCUT2D eigenvalue weighted by atomic mass is 9.79. The minimum Gasteiger partial charge on any atom is -0.502 e. The number of phenols is 1. The Hall–Kier alpha value is -2.18. The summed E-state index contributed by atoms with van der Waals surface area (Å²) in [4.78, 5) is 2.47. The molecule has 30 heavy (non-hydrogen) atoms. The van der Waals surface area contributed by atoms with Crippen molar-refractivity contribution in [1.82, 2.24) is 10.2 Å². The van der Waals surface area contributed by atoms with Crippen LogP contribution in [0.1, 0.15) is 57.6 Å². The number of methoxy groups -OCH3 is 2. The Kier molecular flexibility index (Phi) is 6.39. The molecule has 0 saturated carbocycles. The van der Waals surface area contributed by atoms with Crippen LogP contribution in [0.5, 0.6) is 17.2 Å². The fourth-order valence-corrected chi connectivity index (χ4v) is 4.88. The molecule has 1 saturated heterocycles. The van der Waals surface area contributed by atoms with E-state index in [-0.39, 0.29) is 16.8 Å². The van der Waals surface area contributed by atoms with Crippen LogP contribution >= 0.6 is 0 Å². The number of aryl methyl sites for hydroxylation is 1. The molecule has 2 aromatic rings. The maximum absolute atomic E-state index is 10.3. The van der Waals surface area contributed by atoms with E-state index in [0.717, 1.165) is 36.5 Å². The molecule has 0 atom stereocenters. The summed E-state index contributed by atoms with van der Waals surface area (Å²) >= 11 is 0. The van der Waals surface area contributed by atoms with Crippen LogP contribution in [0.15, 0.2) is 28.7 Å². The summed E-state index contributed by atoms with van der Waals surface area (Å²) in [6, 6.07) is 8.20. The van der Waals surface area contributed by atoms with Crippen molar-refractivity contribution in [3.8, 4) is 17.2 Å². The Morgan fingerprint density at radius 1 is 1.03 bits per heavy atom. The summed E-state index contributed by atoms with van der Waals surface area (Å²) in [6.07, 6.45) is 2.06. The molecule has 0 aliphatic carbocycles. The molecule has 0 spiro atoms. The molecule has 1 aromatic heterocycles. The lowest BCUT2D eigenvalue weighted by molar-refractivity contribution is 0.0520. The minimum atomic E-state index is 0.0288. The van der Waals surface area contributed by atoms with Gasteiger partial charge in [-0.1, -0.05) is 0 Å². The molecule has 6 nitrogen and oxygen atoms in total. The summed E-state index contributed by atoms with van der Waals surface area (Å²) < 4.78 is 16.6. The molecular formula is C24H36N2O4. The standard InChI is InChI=1S/C24H36N2O4/c1-16-8-9-19(30-16)15-26(18-12-23(2,3)25-24(4,5)13-18)14-17-10-20(28-6)22(27)21(11-17)29-7/h8-11,18,25,27H,12-15H2,1-7H3. The van der Waals surface area contributed by atoms with Gasteiger partial charge in [-0.05, 0) is 77.3 Å². The lowest BCUT2D eigenvalue weighted by Gasteiger charge is -2.49. The first-order valence-corrected chi connectivity index (χ1v) is 10.5. The average molecular weight is 417 g/mol. The van der Waals surface area contributed by atoms with Crippen LogP contribution in [0.4, 0.5) is 0 Å². The van der Waals surface area contributed by atoms with Gasteiger partial charge < -0.3 is 24.3 Å². The van der Waals surface area contributed by atoms with Gasteiger partial charge in [-0.25, -0.2) is 0 Å². The van der Waals surface area contributed by atoms with Crippen LogP contribution in [-0.2, 0) is 13.1 Å². The number of piperidine rings is 1. The second-order valence-corrected chi connectivity index (χ2v) is 9.72. The van der Waals surface area contributed by atoms with Crippen molar-refractivity contribution >= 4 is 0 Å². The highest BCUT2D eigenvalue weighted by Gasteiger charge is 2.40. The van der Waals surface area contributed by atoms with Crippen LogP contribution in [0, 0.1) is 6.92 Å². The zero-order valence-corrected chi connectivity index (χ0v) is 19.3. The normalized spacial score (nSPS) is 18.5. The van der Waals surface area contributed by atoms with E-state index in [1.165, 1.54) is 0 Å². The van der Waals surface area contributed by atoms with Crippen LogP contribution in [0.25, 0.3) is 0 Å².